The number of imidazole rings is 1. The molecule has 0 unspecified atom stereocenters. The van der Waals surface area contributed by atoms with Crippen LogP contribution in [0.15, 0.2) is 47.8 Å². The first-order valence-corrected chi connectivity index (χ1v) is 7.94. The lowest BCUT2D eigenvalue weighted by atomic mass is 10.1. The van der Waals surface area contributed by atoms with Gasteiger partial charge in [-0.05, 0) is 36.8 Å². The lowest BCUT2D eigenvalue weighted by Crippen LogP contribution is -1.98. The maximum absolute atomic E-state index is 10.8. The standard InChI is InChI=1S/C16H15N3O2S/c1-2-19-14-13(4-3-9-17-14)18-16(19)22-10-11-5-7-12(8-6-11)15(20)21/h3-9H,2,10H2,1H3,(H,20,21). The van der Waals surface area contributed by atoms with Crippen LogP contribution in [0.5, 0.6) is 0 Å². The second-order valence-corrected chi connectivity index (χ2v) is 5.72. The molecule has 0 bridgehead atoms. The molecule has 3 aromatic rings. The summed E-state index contributed by atoms with van der Waals surface area (Å²) in [4.78, 5) is 19.8. The largest absolute Gasteiger partial charge is 0.478 e. The van der Waals surface area contributed by atoms with E-state index in [0.717, 1.165) is 34.2 Å². The first-order valence-electron chi connectivity index (χ1n) is 6.95. The SMILES string of the molecule is CCn1c(SCc2ccc(C(=O)O)cc2)nc2cccnc21. The van der Waals surface area contributed by atoms with E-state index in [9.17, 15) is 4.79 Å². The molecule has 0 saturated carbocycles. The highest BCUT2D eigenvalue weighted by atomic mass is 32.2. The molecule has 0 radical (unpaired) electrons. The van der Waals surface area contributed by atoms with E-state index in [1.807, 2.05) is 24.3 Å². The Labute approximate surface area is 132 Å². The first kappa shape index (κ1) is 14.6. The van der Waals surface area contributed by atoms with Crippen molar-refractivity contribution >= 4 is 28.9 Å². The molecular formula is C16H15N3O2S. The second kappa shape index (κ2) is 6.19. The molecule has 0 aliphatic rings. The highest BCUT2D eigenvalue weighted by Gasteiger charge is 2.11. The normalized spacial score (nSPS) is 11.0. The van der Waals surface area contributed by atoms with Gasteiger partial charge in [-0.3, -0.25) is 0 Å². The van der Waals surface area contributed by atoms with Crippen molar-refractivity contribution in [1.29, 1.82) is 0 Å². The Morgan fingerprint density at radius 1 is 1.27 bits per heavy atom. The maximum Gasteiger partial charge on any atom is 0.335 e. The van der Waals surface area contributed by atoms with E-state index in [1.54, 1.807) is 30.1 Å². The van der Waals surface area contributed by atoms with Gasteiger partial charge in [0.15, 0.2) is 10.8 Å². The third-order valence-electron chi connectivity index (χ3n) is 3.35. The lowest BCUT2D eigenvalue weighted by Gasteiger charge is -2.05. The Hall–Kier alpha value is -2.34. The van der Waals surface area contributed by atoms with Crippen LogP contribution in [0.2, 0.25) is 0 Å². The smallest absolute Gasteiger partial charge is 0.335 e. The van der Waals surface area contributed by atoms with Crippen molar-refractivity contribution in [3.8, 4) is 0 Å². The number of fused-ring (bicyclic) bond motifs is 1. The summed E-state index contributed by atoms with van der Waals surface area (Å²) in [6.07, 6.45) is 1.77. The van der Waals surface area contributed by atoms with Crippen LogP contribution in [0, 0.1) is 0 Å². The van der Waals surface area contributed by atoms with Gasteiger partial charge in [-0.25, -0.2) is 14.8 Å². The van der Waals surface area contributed by atoms with Gasteiger partial charge in [0.1, 0.15) is 5.52 Å². The van der Waals surface area contributed by atoms with Gasteiger partial charge in [0.25, 0.3) is 0 Å². The Kier molecular flexibility index (Phi) is 4.11. The summed E-state index contributed by atoms with van der Waals surface area (Å²) in [6.45, 7) is 2.88. The third-order valence-corrected chi connectivity index (χ3v) is 4.40. The molecule has 0 aliphatic carbocycles. The molecule has 0 atom stereocenters. The fourth-order valence-electron chi connectivity index (χ4n) is 2.22. The Balaban J connectivity index is 1.80. The van der Waals surface area contributed by atoms with Gasteiger partial charge in [0.05, 0.1) is 5.56 Å². The monoisotopic (exact) mass is 313 g/mol. The van der Waals surface area contributed by atoms with Gasteiger partial charge < -0.3 is 9.67 Å². The quantitative estimate of drug-likeness (QED) is 0.731. The summed E-state index contributed by atoms with van der Waals surface area (Å²) < 4.78 is 2.09. The van der Waals surface area contributed by atoms with Gasteiger partial charge in [0.2, 0.25) is 0 Å². The molecule has 2 heterocycles. The van der Waals surface area contributed by atoms with Crippen molar-refractivity contribution in [2.75, 3.05) is 0 Å². The molecule has 6 heteroatoms. The molecule has 5 nitrogen and oxygen atoms in total. The number of hydrogen-bond donors (Lipinski definition) is 1. The van der Waals surface area contributed by atoms with E-state index >= 15 is 0 Å². The van der Waals surface area contributed by atoms with Crippen molar-refractivity contribution in [1.82, 2.24) is 14.5 Å². The number of aromatic nitrogens is 3. The number of nitrogens with zero attached hydrogens (tertiary/aromatic N) is 3. The summed E-state index contributed by atoms with van der Waals surface area (Å²) in [5, 5.41) is 9.84. The van der Waals surface area contributed by atoms with Crippen molar-refractivity contribution in [2.24, 2.45) is 0 Å². The van der Waals surface area contributed by atoms with E-state index in [4.69, 9.17) is 5.11 Å². The number of benzene rings is 1. The molecule has 0 saturated heterocycles. The Morgan fingerprint density at radius 2 is 2.05 bits per heavy atom. The zero-order valence-electron chi connectivity index (χ0n) is 12.1. The molecule has 1 N–H and O–H groups in total. The number of aromatic carboxylic acids is 1. The van der Waals surface area contributed by atoms with Crippen molar-refractivity contribution in [3.63, 3.8) is 0 Å². The number of rotatable bonds is 5. The average molecular weight is 313 g/mol. The lowest BCUT2D eigenvalue weighted by molar-refractivity contribution is 0.0697. The molecule has 1 aromatic carbocycles. The van der Waals surface area contributed by atoms with Crippen molar-refractivity contribution in [3.05, 3.63) is 53.7 Å². The van der Waals surface area contributed by atoms with Crippen LogP contribution in [-0.4, -0.2) is 25.6 Å². The van der Waals surface area contributed by atoms with Gasteiger partial charge in [0, 0.05) is 18.5 Å². The van der Waals surface area contributed by atoms with Gasteiger partial charge >= 0.3 is 5.97 Å². The number of carboxylic acid groups (broad SMARTS) is 1. The third kappa shape index (κ3) is 2.82. The van der Waals surface area contributed by atoms with Crippen LogP contribution >= 0.6 is 11.8 Å². The van der Waals surface area contributed by atoms with Crippen molar-refractivity contribution < 1.29 is 9.90 Å². The Bertz CT molecular complexity index is 812. The second-order valence-electron chi connectivity index (χ2n) is 4.78. The predicted molar refractivity (Wildman–Crippen MR) is 86.2 cm³/mol. The first-order chi connectivity index (χ1) is 10.7. The highest BCUT2D eigenvalue weighted by molar-refractivity contribution is 7.98. The molecule has 0 aliphatic heterocycles. The number of pyridine rings is 1. The summed E-state index contributed by atoms with van der Waals surface area (Å²) in [5.41, 5.74) is 3.17. The molecule has 2 aromatic heterocycles. The molecule has 0 fully saturated rings. The van der Waals surface area contributed by atoms with E-state index in [1.165, 1.54) is 0 Å². The fourth-order valence-corrected chi connectivity index (χ4v) is 3.25. The molecule has 0 spiro atoms. The van der Waals surface area contributed by atoms with Gasteiger partial charge in [-0.1, -0.05) is 23.9 Å². The van der Waals surface area contributed by atoms with E-state index < -0.39 is 5.97 Å². The number of carbonyl (C=O) groups is 1. The highest BCUT2D eigenvalue weighted by Crippen LogP contribution is 2.25. The maximum atomic E-state index is 10.8. The number of hydrogen-bond acceptors (Lipinski definition) is 4. The van der Waals surface area contributed by atoms with E-state index in [0.29, 0.717) is 5.56 Å². The van der Waals surface area contributed by atoms with Crippen LogP contribution in [-0.2, 0) is 12.3 Å². The van der Waals surface area contributed by atoms with E-state index in [-0.39, 0.29) is 0 Å². The fraction of sp³-hybridized carbons (Fsp3) is 0.188. The minimum absolute atomic E-state index is 0.304. The molecule has 3 rings (SSSR count). The summed E-state index contributed by atoms with van der Waals surface area (Å²) in [5.74, 6) is -0.165. The van der Waals surface area contributed by atoms with Crippen LogP contribution in [0.4, 0.5) is 0 Å². The average Bonchev–Trinajstić information content (AvgIpc) is 2.90. The van der Waals surface area contributed by atoms with Crippen molar-refractivity contribution in [2.45, 2.75) is 24.4 Å². The summed E-state index contributed by atoms with van der Waals surface area (Å²) >= 11 is 1.63. The van der Waals surface area contributed by atoms with Gasteiger partial charge in [-0.2, -0.15) is 0 Å². The van der Waals surface area contributed by atoms with E-state index in [2.05, 4.69) is 21.5 Å². The number of aryl methyl sites for hydroxylation is 1. The topological polar surface area (TPSA) is 68.0 Å². The molecule has 0 amide bonds. The molecular weight excluding hydrogens is 298 g/mol. The summed E-state index contributed by atoms with van der Waals surface area (Å²) in [6, 6.07) is 10.8. The van der Waals surface area contributed by atoms with Crippen LogP contribution in [0.25, 0.3) is 11.2 Å². The predicted octanol–water partition coefficient (Wildman–Crippen LogP) is 3.44. The number of carboxylic acids is 1. The minimum Gasteiger partial charge on any atom is -0.478 e. The summed E-state index contributed by atoms with van der Waals surface area (Å²) in [7, 11) is 0. The van der Waals surface area contributed by atoms with Gasteiger partial charge in [-0.15, -0.1) is 0 Å². The molecule has 22 heavy (non-hydrogen) atoms. The van der Waals surface area contributed by atoms with Crippen LogP contribution < -0.4 is 0 Å². The number of thioether (sulfide) groups is 1. The van der Waals surface area contributed by atoms with Crippen LogP contribution in [0.3, 0.4) is 0 Å². The minimum atomic E-state index is -0.905. The Morgan fingerprint density at radius 3 is 2.73 bits per heavy atom. The molecule has 112 valence electrons. The van der Waals surface area contributed by atoms with Crippen LogP contribution in [0.1, 0.15) is 22.8 Å². The zero-order chi connectivity index (χ0) is 15.5. The zero-order valence-corrected chi connectivity index (χ0v) is 12.9.